The summed E-state index contributed by atoms with van der Waals surface area (Å²) in [6.45, 7) is 1.98. The topological polar surface area (TPSA) is 61.4 Å². The lowest BCUT2D eigenvalue weighted by Crippen LogP contribution is -2.47. The Morgan fingerprint density at radius 3 is 2.36 bits per heavy atom. The van der Waals surface area contributed by atoms with Crippen molar-refractivity contribution in [3.8, 4) is 0 Å². The summed E-state index contributed by atoms with van der Waals surface area (Å²) in [5.41, 5.74) is 0.813. The summed E-state index contributed by atoms with van der Waals surface area (Å²) in [4.78, 5) is 27.5. The van der Waals surface area contributed by atoms with Gasteiger partial charge >= 0.3 is 0 Å². The Bertz CT molecular complexity index is 778. The Kier molecular flexibility index (Phi) is 7.77. The van der Waals surface area contributed by atoms with E-state index in [1.165, 1.54) is 11.8 Å². The maximum absolute atomic E-state index is 12.2. The monoisotopic (exact) mass is 417 g/mol. The van der Waals surface area contributed by atoms with Gasteiger partial charge in [-0.1, -0.05) is 29.8 Å². The van der Waals surface area contributed by atoms with Crippen molar-refractivity contribution < 1.29 is 9.59 Å². The molecule has 0 saturated carbocycles. The van der Waals surface area contributed by atoms with Crippen LogP contribution in [0.1, 0.15) is 12.8 Å². The summed E-state index contributed by atoms with van der Waals surface area (Å²) in [6.07, 6.45) is 1.71. The van der Waals surface area contributed by atoms with Gasteiger partial charge in [0, 0.05) is 34.7 Å². The molecule has 0 unspecified atom stereocenters. The Hall–Kier alpha value is -2.02. The quantitative estimate of drug-likeness (QED) is 0.675. The average molecular weight is 418 g/mol. The van der Waals surface area contributed by atoms with Gasteiger partial charge < -0.3 is 10.6 Å². The molecule has 3 rings (SSSR count). The normalized spacial score (nSPS) is 15.2. The molecular weight excluding hydrogens is 394 g/mol. The third-order valence-corrected chi connectivity index (χ3v) is 5.83. The summed E-state index contributed by atoms with van der Waals surface area (Å²) in [5, 5.41) is 6.70. The molecule has 2 aromatic carbocycles. The van der Waals surface area contributed by atoms with Crippen LogP contribution in [-0.4, -0.2) is 48.1 Å². The van der Waals surface area contributed by atoms with E-state index in [4.69, 9.17) is 11.6 Å². The number of rotatable bonds is 7. The fourth-order valence-corrected chi connectivity index (χ4v) is 3.95. The molecule has 1 fully saturated rings. The molecule has 7 heteroatoms. The SMILES string of the molecule is O=C(CN1CCC(NC(=O)CSc2ccc(Cl)cc2)CC1)Nc1ccccc1. The van der Waals surface area contributed by atoms with E-state index in [9.17, 15) is 9.59 Å². The molecule has 0 bridgehead atoms. The first kappa shape index (κ1) is 20.7. The van der Waals surface area contributed by atoms with Gasteiger partial charge in [-0.2, -0.15) is 0 Å². The molecule has 0 spiro atoms. The first-order chi connectivity index (χ1) is 13.6. The second-order valence-corrected chi connectivity index (χ2v) is 8.26. The molecule has 148 valence electrons. The molecule has 5 nitrogen and oxygen atoms in total. The molecule has 2 aromatic rings. The van der Waals surface area contributed by atoms with Crippen molar-refractivity contribution in [3.63, 3.8) is 0 Å². The molecule has 2 amide bonds. The number of para-hydroxylation sites is 1. The second-order valence-electron chi connectivity index (χ2n) is 6.77. The van der Waals surface area contributed by atoms with E-state index in [1.54, 1.807) is 0 Å². The highest BCUT2D eigenvalue weighted by atomic mass is 35.5. The van der Waals surface area contributed by atoms with Crippen molar-refractivity contribution in [3.05, 3.63) is 59.6 Å². The number of benzene rings is 2. The van der Waals surface area contributed by atoms with Crippen LogP contribution in [-0.2, 0) is 9.59 Å². The number of carbonyl (C=O) groups excluding carboxylic acids is 2. The molecule has 0 atom stereocenters. The zero-order chi connectivity index (χ0) is 19.8. The minimum atomic E-state index is -0.00644. The number of piperidine rings is 1. The van der Waals surface area contributed by atoms with Crippen molar-refractivity contribution in [2.24, 2.45) is 0 Å². The Morgan fingerprint density at radius 1 is 1.00 bits per heavy atom. The van der Waals surface area contributed by atoms with E-state index in [1.807, 2.05) is 54.6 Å². The number of anilines is 1. The van der Waals surface area contributed by atoms with Crippen molar-refractivity contribution in [1.29, 1.82) is 0 Å². The summed E-state index contributed by atoms with van der Waals surface area (Å²) in [7, 11) is 0. The van der Waals surface area contributed by atoms with Crippen LogP contribution in [0.2, 0.25) is 5.02 Å². The molecule has 0 aromatic heterocycles. The predicted octanol–water partition coefficient (Wildman–Crippen LogP) is 3.65. The molecule has 1 aliphatic rings. The highest BCUT2D eigenvalue weighted by Gasteiger charge is 2.22. The van der Waals surface area contributed by atoms with Crippen LogP contribution in [0.4, 0.5) is 5.69 Å². The number of nitrogens with zero attached hydrogens (tertiary/aromatic N) is 1. The number of carbonyl (C=O) groups is 2. The lowest BCUT2D eigenvalue weighted by Gasteiger charge is -2.31. The summed E-state index contributed by atoms with van der Waals surface area (Å²) in [5.74, 6) is 0.426. The highest BCUT2D eigenvalue weighted by Crippen LogP contribution is 2.20. The number of halogens is 1. The van der Waals surface area contributed by atoms with Gasteiger partial charge in [0.15, 0.2) is 0 Å². The van der Waals surface area contributed by atoms with Crippen LogP contribution in [0.3, 0.4) is 0 Å². The van der Waals surface area contributed by atoms with E-state index in [0.29, 0.717) is 17.3 Å². The molecule has 28 heavy (non-hydrogen) atoms. The third-order valence-electron chi connectivity index (χ3n) is 4.56. The molecule has 1 aliphatic heterocycles. The first-order valence-electron chi connectivity index (χ1n) is 9.33. The largest absolute Gasteiger partial charge is 0.353 e. The number of likely N-dealkylation sites (tertiary alicyclic amines) is 1. The number of amides is 2. The van der Waals surface area contributed by atoms with Gasteiger partial charge in [-0.05, 0) is 49.2 Å². The van der Waals surface area contributed by atoms with Gasteiger partial charge in [0.2, 0.25) is 11.8 Å². The molecule has 0 aliphatic carbocycles. The van der Waals surface area contributed by atoms with E-state index in [2.05, 4.69) is 15.5 Å². The van der Waals surface area contributed by atoms with Crippen molar-refractivity contribution in [1.82, 2.24) is 10.2 Å². The van der Waals surface area contributed by atoms with Crippen molar-refractivity contribution >= 4 is 40.9 Å². The molecule has 1 heterocycles. The van der Waals surface area contributed by atoms with Crippen LogP contribution in [0.25, 0.3) is 0 Å². The minimum absolute atomic E-state index is 0.00644. The Morgan fingerprint density at radius 2 is 1.68 bits per heavy atom. The van der Waals surface area contributed by atoms with Crippen molar-refractivity contribution in [2.45, 2.75) is 23.8 Å². The number of nitrogens with one attached hydrogen (secondary N) is 2. The van der Waals surface area contributed by atoms with Crippen molar-refractivity contribution in [2.75, 3.05) is 30.7 Å². The third kappa shape index (κ3) is 6.86. The second kappa shape index (κ2) is 10.5. The standard InChI is InChI=1S/C21H24ClN3O2S/c22-16-6-8-19(9-7-16)28-15-21(27)24-18-10-12-25(13-11-18)14-20(26)23-17-4-2-1-3-5-17/h1-9,18H,10-15H2,(H,23,26)(H,24,27). The smallest absolute Gasteiger partial charge is 0.238 e. The number of thioether (sulfide) groups is 1. The fraction of sp³-hybridized carbons (Fsp3) is 0.333. The molecule has 1 saturated heterocycles. The molecular formula is C21H24ClN3O2S. The molecule has 0 radical (unpaired) electrons. The van der Waals surface area contributed by atoms with Gasteiger partial charge in [-0.25, -0.2) is 0 Å². The van der Waals surface area contributed by atoms with Gasteiger partial charge in [0.1, 0.15) is 0 Å². The number of hydrogen-bond donors (Lipinski definition) is 2. The Labute approximate surface area is 174 Å². The maximum atomic E-state index is 12.2. The fourth-order valence-electron chi connectivity index (χ4n) is 3.11. The molecule has 2 N–H and O–H groups in total. The first-order valence-corrected chi connectivity index (χ1v) is 10.7. The average Bonchev–Trinajstić information content (AvgIpc) is 2.70. The Balaban J connectivity index is 1.33. The van der Waals surface area contributed by atoms with Crippen LogP contribution >= 0.6 is 23.4 Å². The maximum Gasteiger partial charge on any atom is 0.238 e. The van der Waals surface area contributed by atoms with Crippen LogP contribution in [0.5, 0.6) is 0 Å². The lowest BCUT2D eigenvalue weighted by molar-refractivity contribution is -0.120. The highest BCUT2D eigenvalue weighted by molar-refractivity contribution is 8.00. The lowest BCUT2D eigenvalue weighted by atomic mass is 10.1. The van der Waals surface area contributed by atoms with Gasteiger partial charge in [0.25, 0.3) is 0 Å². The summed E-state index contributed by atoms with van der Waals surface area (Å²) >= 11 is 7.37. The van der Waals surface area contributed by atoms with E-state index >= 15 is 0 Å². The minimum Gasteiger partial charge on any atom is -0.353 e. The zero-order valence-electron chi connectivity index (χ0n) is 15.6. The predicted molar refractivity (Wildman–Crippen MR) is 115 cm³/mol. The summed E-state index contributed by atoms with van der Waals surface area (Å²) < 4.78 is 0. The zero-order valence-corrected chi connectivity index (χ0v) is 17.1. The van der Waals surface area contributed by atoms with E-state index < -0.39 is 0 Å². The number of hydrogen-bond acceptors (Lipinski definition) is 4. The van der Waals surface area contributed by atoms with Crippen LogP contribution in [0, 0.1) is 0 Å². The van der Waals surface area contributed by atoms with Gasteiger partial charge in [-0.15, -0.1) is 11.8 Å². The summed E-state index contributed by atoms with van der Waals surface area (Å²) in [6, 6.07) is 17.1. The van der Waals surface area contributed by atoms with Gasteiger partial charge in [0.05, 0.1) is 12.3 Å². The van der Waals surface area contributed by atoms with Crippen LogP contribution < -0.4 is 10.6 Å². The van der Waals surface area contributed by atoms with E-state index in [-0.39, 0.29) is 17.9 Å². The van der Waals surface area contributed by atoms with Gasteiger partial charge in [-0.3, -0.25) is 14.5 Å². The van der Waals surface area contributed by atoms with E-state index in [0.717, 1.165) is 36.5 Å². The van der Waals surface area contributed by atoms with Crippen LogP contribution in [0.15, 0.2) is 59.5 Å².